The Morgan fingerprint density at radius 2 is 1.38 bits per heavy atom. The number of pyridine rings is 3. The molecule has 0 amide bonds. The van der Waals surface area contributed by atoms with E-state index in [-0.39, 0.29) is 20.1 Å². The van der Waals surface area contributed by atoms with E-state index in [4.69, 9.17) is 4.98 Å². The molecule has 8 aromatic rings. The molecule has 52 heavy (non-hydrogen) atoms. The fraction of sp³-hybridized carbons (Fsp3) is 0.152. The van der Waals surface area contributed by atoms with Gasteiger partial charge in [0.1, 0.15) is 0 Å². The zero-order chi connectivity index (χ0) is 35.5. The fourth-order valence-corrected chi connectivity index (χ4v) is 9.02. The number of hydrogen-bond acceptors (Lipinski definition) is 4. The molecule has 0 atom stereocenters. The van der Waals surface area contributed by atoms with Crippen molar-refractivity contribution in [3.05, 3.63) is 168 Å². The van der Waals surface area contributed by atoms with Crippen LogP contribution >= 0.6 is 11.3 Å². The van der Waals surface area contributed by atoms with Gasteiger partial charge >= 0.3 is 0 Å². The van der Waals surface area contributed by atoms with E-state index in [1.54, 1.807) is 11.3 Å². The second-order valence-electron chi connectivity index (χ2n) is 14.2. The molecule has 0 fully saturated rings. The summed E-state index contributed by atoms with van der Waals surface area (Å²) in [7, 11) is -1.47. The molecule has 4 aromatic carbocycles. The number of aromatic nitrogens is 3. The molecule has 6 heteroatoms. The summed E-state index contributed by atoms with van der Waals surface area (Å²) in [5.74, 6) is 0. The molecule has 0 N–H and O–H groups in total. The first kappa shape index (κ1) is 37.2. The predicted molar refractivity (Wildman–Crippen MR) is 220 cm³/mol. The van der Waals surface area contributed by atoms with Gasteiger partial charge in [-0.25, -0.2) is 0 Å². The van der Waals surface area contributed by atoms with Crippen LogP contribution in [-0.2, 0) is 26.5 Å². The maximum absolute atomic E-state index is 4.73. The zero-order valence-electron chi connectivity index (χ0n) is 30.4. The Labute approximate surface area is 326 Å². The first-order chi connectivity index (χ1) is 24.6. The average molecular weight is 888 g/mol. The molecule has 0 unspecified atom stereocenters. The molecule has 0 aliphatic rings. The van der Waals surface area contributed by atoms with Crippen LogP contribution in [0.25, 0.3) is 53.8 Å². The molecule has 261 valence electrons. The molecule has 4 aromatic heterocycles. The molecule has 0 aliphatic carbocycles. The molecule has 0 aliphatic heterocycles. The fourth-order valence-electron chi connectivity index (χ4n) is 6.46. The van der Waals surface area contributed by atoms with Crippen LogP contribution in [0.15, 0.2) is 128 Å². The Kier molecular flexibility index (Phi) is 11.4. The standard InChI is InChI=1S/C25H19N2S.C21H22NSi.Ir/c1-16-12-22-21-15-20(8-9-24(21)28-25(22)17(2)27-16)23-14-19(10-11-26-23)13-18-6-4-3-5-7-18;1-16-10-12-18(13-11-16)20-14-19(17-8-6-5-7-9-17)21(15-22-20)23(2,3)4;/h3-7,9-12,14-15H,13H2,1-2H3;5-12,14-15H,1-4H3;/q2*-1;. The topological polar surface area (TPSA) is 38.7 Å². The normalized spacial score (nSPS) is 11.2. The summed E-state index contributed by atoms with van der Waals surface area (Å²) in [5.41, 5.74) is 12.6. The van der Waals surface area contributed by atoms with Crippen molar-refractivity contribution in [2.75, 3.05) is 0 Å². The van der Waals surface area contributed by atoms with E-state index in [1.165, 1.54) is 53.2 Å². The predicted octanol–water partition coefficient (Wildman–Crippen LogP) is 11.6. The number of benzene rings is 4. The van der Waals surface area contributed by atoms with Crippen molar-refractivity contribution in [3.8, 4) is 33.6 Å². The molecule has 1 radical (unpaired) electrons. The SMILES string of the molecule is Cc1c[c-]c(-c2cc(-c3ccccc3)c([Si](C)(C)C)cn2)cc1.Cc1cc2c(sc3c[c-]c(-c4cc(Cc5ccccc5)ccn4)cc32)c(C)n1.[Ir]. The Morgan fingerprint density at radius 3 is 2.10 bits per heavy atom. The zero-order valence-corrected chi connectivity index (χ0v) is 34.6. The first-order valence-corrected chi connectivity index (χ1v) is 21.7. The van der Waals surface area contributed by atoms with Gasteiger partial charge in [-0.2, -0.15) is 11.3 Å². The second kappa shape index (κ2) is 16.0. The smallest absolute Gasteiger partial charge is 0.0803 e. The van der Waals surface area contributed by atoms with Gasteiger partial charge in [0.2, 0.25) is 0 Å². The third-order valence-corrected chi connectivity index (χ3v) is 12.4. The number of rotatable bonds is 6. The Hall–Kier alpha value is -4.58. The Morgan fingerprint density at radius 1 is 0.673 bits per heavy atom. The first-order valence-electron chi connectivity index (χ1n) is 17.4. The van der Waals surface area contributed by atoms with E-state index in [0.29, 0.717) is 0 Å². The number of fused-ring (bicyclic) bond motifs is 3. The van der Waals surface area contributed by atoms with Crippen molar-refractivity contribution in [2.45, 2.75) is 46.8 Å². The molecular formula is C46H41IrN3SSi-2. The van der Waals surface area contributed by atoms with Crippen LogP contribution in [-0.4, -0.2) is 23.0 Å². The number of nitrogens with zero attached hydrogens (tertiary/aromatic N) is 3. The van der Waals surface area contributed by atoms with Gasteiger partial charge in [0, 0.05) is 42.9 Å². The van der Waals surface area contributed by atoms with Gasteiger partial charge < -0.3 is 9.97 Å². The van der Waals surface area contributed by atoms with Crippen LogP contribution in [0.1, 0.15) is 28.1 Å². The Bertz CT molecular complexity index is 2450. The van der Waals surface area contributed by atoms with E-state index in [2.05, 4.69) is 178 Å². The molecule has 0 saturated heterocycles. The third-order valence-electron chi connectivity index (χ3n) is 9.08. The molecule has 0 saturated carbocycles. The van der Waals surface area contributed by atoms with E-state index < -0.39 is 8.07 Å². The summed E-state index contributed by atoms with van der Waals surface area (Å²) in [6.45, 7) is 13.3. The summed E-state index contributed by atoms with van der Waals surface area (Å²) in [4.78, 5) is 14.0. The van der Waals surface area contributed by atoms with E-state index in [1.807, 2.05) is 12.3 Å². The van der Waals surface area contributed by atoms with Crippen LogP contribution in [0.4, 0.5) is 0 Å². The minimum Gasteiger partial charge on any atom is -0.305 e. The van der Waals surface area contributed by atoms with Gasteiger partial charge in [-0.1, -0.05) is 105 Å². The van der Waals surface area contributed by atoms with Crippen molar-refractivity contribution in [3.63, 3.8) is 0 Å². The van der Waals surface area contributed by atoms with Gasteiger partial charge in [-0.15, -0.1) is 59.2 Å². The van der Waals surface area contributed by atoms with Crippen LogP contribution in [0.3, 0.4) is 0 Å². The van der Waals surface area contributed by atoms with Crippen LogP contribution in [0.2, 0.25) is 19.6 Å². The Balaban J connectivity index is 0.000000179. The molecule has 0 spiro atoms. The largest absolute Gasteiger partial charge is 0.305 e. The van der Waals surface area contributed by atoms with Gasteiger partial charge in [-0.3, -0.25) is 4.98 Å². The van der Waals surface area contributed by atoms with Crippen molar-refractivity contribution in [1.29, 1.82) is 0 Å². The molecule has 3 nitrogen and oxygen atoms in total. The van der Waals surface area contributed by atoms with Crippen LogP contribution in [0.5, 0.6) is 0 Å². The maximum atomic E-state index is 4.73. The average Bonchev–Trinajstić information content (AvgIpc) is 3.51. The van der Waals surface area contributed by atoms with Crippen LogP contribution in [0, 0.1) is 32.9 Å². The van der Waals surface area contributed by atoms with Gasteiger partial charge in [-0.05, 0) is 81.3 Å². The van der Waals surface area contributed by atoms with Crippen molar-refractivity contribution >= 4 is 44.8 Å². The quantitative estimate of drug-likeness (QED) is 0.123. The molecule has 4 heterocycles. The van der Waals surface area contributed by atoms with Crippen molar-refractivity contribution in [1.82, 2.24) is 15.0 Å². The summed E-state index contributed by atoms with van der Waals surface area (Å²) in [5, 5.41) is 3.94. The summed E-state index contributed by atoms with van der Waals surface area (Å²) in [6, 6.07) is 47.2. The monoisotopic (exact) mass is 888 g/mol. The molecular weight excluding hydrogens is 847 g/mol. The van der Waals surface area contributed by atoms with Crippen molar-refractivity contribution in [2.24, 2.45) is 0 Å². The van der Waals surface area contributed by atoms with E-state index in [0.717, 1.165) is 40.3 Å². The van der Waals surface area contributed by atoms with Gasteiger partial charge in [0.25, 0.3) is 0 Å². The van der Waals surface area contributed by atoms with E-state index in [9.17, 15) is 0 Å². The van der Waals surface area contributed by atoms with Crippen LogP contribution < -0.4 is 5.19 Å². The van der Waals surface area contributed by atoms with E-state index >= 15 is 0 Å². The third kappa shape index (κ3) is 8.38. The molecule has 8 rings (SSSR count). The van der Waals surface area contributed by atoms with Gasteiger partial charge in [0.05, 0.1) is 13.8 Å². The second-order valence-corrected chi connectivity index (χ2v) is 20.3. The summed E-state index contributed by atoms with van der Waals surface area (Å²) >= 11 is 1.79. The summed E-state index contributed by atoms with van der Waals surface area (Å²) < 4.78 is 2.51. The maximum Gasteiger partial charge on any atom is 0.0803 e. The summed E-state index contributed by atoms with van der Waals surface area (Å²) in [6.07, 6.45) is 4.89. The van der Waals surface area contributed by atoms with Gasteiger partial charge in [0.15, 0.2) is 0 Å². The minimum absolute atomic E-state index is 0. The number of hydrogen-bond donors (Lipinski definition) is 0. The number of aryl methyl sites for hydroxylation is 3. The van der Waals surface area contributed by atoms with Crippen molar-refractivity contribution < 1.29 is 20.1 Å². The minimum atomic E-state index is -1.47. The molecule has 0 bridgehead atoms. The number of thiophene rings is 1.